The van der Waals surface area contributed by atoms with E-state index in [-0.39, 0.29) is 11.7 Å². The number of para-hydroxylation sites is 1. The third-order valence-electron chi connectivity index (χ3n) is 5.03. The molecule has 156 valence electrons. The molecular weight excluding hydrogens is 387 g/mol. The van der Waals surface area contributed by atoms with Crippen LogP contribution in [0.4, 0.5) is 4.39 Å². The molecule has 0 bridgehead atoms. The minimum Gasteiger partial charge on any atom is -0.493 e. The van der Waals surface area contributed by atoms with Crippen molar-refractivity contribution in [1.29, 1.82) is 0 Å². The number of piperazine rings is 1. The Bertz CT molecular complexity index is 1020. The summed E-state index contributed by atoms with van der Waals surface area (Å²) in [5, 5.41) is 11.8. The molecule has 0 radical (unpaired) electrons. The average Bonchev–Trinajstić information content (AvgIpc) is 3.23. The number of nitrogens with zero attached hydrogens (tertiary/aromatic N) is 6. The Kier molecular flexibility index (Phi) is 5.99. The van der Waals surface area contributed by atoms with E-state index in [1.54, 1.807) is 22.9 Å². The summed E-state index contributed by atoms with van der Waals surface area (Å²) in [6, 6.07) is 13.5. The molecule has 0 atom stereocenters. The van der Waals surface area contributed by atoms with Crippen molar-refractivity contribution in [2.75, 3.05) is 32.8 Å². The monoisotopic (exact) mass is 410 g/mol. The van der Waals surface area contributed by atoms with Gasteiger partial charge in [0.05, 0.1) is 24.4 Å². The molecule has 1 aliphatic heterocycles. The Labute approximate surface area is 173 Å². The highest BCUT2D eigenvalue weighted by molar-refractivity contribution is 5.97. The van der Waals surface area contributed by atoms with Crippen LogP contribution in [0.5, 0.6) is 5.75 Å². The van der Waals surface area contributed by atoms with E-state index in [0.29, 0.717) is 62.2 Å². The van der Waals surface area contributed by atoms with Crippen LogP contribution in [0.2, 0.25) is 0 Å². The molecule has 0 unspecified atom stereocenters. The fourth-order valence-electron chi connectivity index (χ4n) is 3.52. The molecule has 8 nitrogen and oxygen atoms in total. The number of carbonyl (C=O) groups excluding carboxylic acids is 1. The Hall–Kier alpha value is -3.33. The largest absolute Gasteiger partial charge is 0.493 e. The van der Waals surface area contributed by atoms with E-state index in [2.05, 4.69) is 20.4 Å². The normalized spacial score (nSPS) is 14.7. The van der Waals surface area contributed by atoms with Gasteiger partial charge >= 0.3 is 0 Å². The van der Waals surface area contributed by atoms with Gasteiger partial charge < -0.3 is 9.64 Å². The lowest BCUT2D eigenvalue weighted by atomic mass is 10.1. The lowest BCUT2D eigenvalue weighted by molar-refractivity contribution is 0.0620. The van der Waals surface area contributed by atoms with Crippen molar-refractivity contribution in [2.45, 2.75) is 13.5 Å². The van der Waals surface area contributed by atoms with Gasteiger partial charge in [-0.25, -0.2) is 4.39 Å². The molecule has 0 aliphatic carbocycles. The number of aromatic nitrogens is 4. The zero-order valence-corrected chi connectivity index (χ0v) is 16.7. The highest BCUT2D eigenvalue weighted by atomic mass is 19.1. The first-order chi connectivity index (χ1) is 14.7. The molecule has 0 saturated carbocycles. The predicted octanol–water partition coefficient (Wildman–Crippen LogP) is 2.16. The number of hydrogen-bond acceptors (Lipinski definition) is 6. The van der Waals surface area contributed by atoms with Crippen molar-refractivity contribution >= 4 is 5.91 Å². The molecule has 0 spiro atoms. The standard InChI is InChI=1S/C21H23FN6O2/c1-2-30-19-9-4-3-8-18(19)21(29)27-12-10-26(11-13-27)15-20-23-24-25-28(20)17-7-5-6-16(22)14-17/h3-9,14H,2,10-13,15H2,1H3. The summed E-state index contributed by atoms with van der Waals surface area (Å²) in [6.45, 7) is 5.51. The first-order valence-corrected chi connectivity index (χ1v) is 9.92. The van der Waals surface area contributed by atoms with E-state index in [1.807, 2.05) is 30.0 Å². The highest BCUT2D eigenvalue weighted by Crippen LogP contribution is 2.21. The maximum Gasteiger partial charge on any atom is 0.257 e. The third kappa shape index (κ3) is 4.30. The van der Waals surface area contributed by atoms with Crippen molar-refractivity contribution in [3.05, 3.63) is 65.7 Å². The molecule has 30 heavy (non-hydrogen) atoms. The topological polar surface area (TPSA) is 76.4 Å². The average molecular weight is 410 g/mol. The van der Waals surface area contributed by atoms with Crippen LogP contribution in [0, 0.1) is 5.82 Å². The number of amides is 1. The number of ether oxygens (including phenoxy) is 1. The van der Waals surface area contributed by atoms with Gasteiger partial charge in [-0.05, 0) is 47.7 Å². The van der Waals surface area contributed by atoms with Crippen molar-refractivity contribution in [3.63, 3.8) is 0 Å². The summed E-state index contributed by atoms with van der Waals surface area (Å²) in [7, 11) is 0. The van der Waals surface area contributed by atoms with Gasteiger partial charge in [0.15, 0.2) is 5.82 Å². The molecule has 2 aromatic carbocycles. The zero-order chi connectivity index (χ0) is 20.9. The molecule has 2 heterocycles. The van der Waals surface area contributed by atoms with Crippen LogP contribution < -0.4 is 4.74 Å². The molecule has 1 fully saturated rings. The predicted molar refractivity (Wildman–Crippen MR) is 108 cm³/mol. The molecule has 3 aromatic rings. The van der Waals surface area contributed by atoms with E-state index in [9.17, 15) is 9.18 Å². The van der Waals surface area contributed by atoms with Gasteiger partial charge in [-0.15, -0.1) is 5.10 Å². The van der Waals surface area contributed by atoms with E-state index >= 15 is 0 Å². The van der Waals surface area contributed by atoms with E-state index in [1.165, 1.54) is 12.1 Å². The van der Waals surface area contributed by atoms with Crippen LogP contribution in [0.25, 0.3) is 5.69 Å². The minimum atomic E-state index is -0.339. The van der Waals surface area contributed by atoms with Gasteiger partial charge in [0.25, 0.3) is 5.91 Å². The van der Waals surface area contributed by atoms with E-state index in [4.69, 9.17) is 4.74 Å². The Morgan fingerprint density at radius 3 is 2.67 bits per heavy atom. The van der Waals surface area contributed by atoms with Crippen LogP contribution in [0.15, 0.2) is 48.5 Å². The second-order valence-corrected chi connectivity index (χ2v) is 6.98. The zero-order valence-electron chi connectivity index (χ0n) is 16.7. The summed E-state index contributed by atoms with van der Waals surface area (Å²) in [4.78, 5) is 17.0. The van der Waals surface area contributed by atoms with Gasteiger partial charge in [0, 0.05) is 26.2 Å². The molecule has 1 amide bonds. The van der Waals surface area contributed by atoms with Gasteiger partial charge in [-0.1, -0.05) is 18.2 Å². The molecule has 1 aliphatic rings. The van der Waals surface area contributed by atoms with Gasteiger partial charge in [-0.2, -0.15) is 4.68 Å². The number of halogens is 1. The van der Waals surface area contributed by atoms with Gasteiger partial charge in [0.2, 0.25) is 0 Å². The molecule has 1 saturated heterocycles. The Morgan fingerprint density at radius 1 is 1.10 bits per heavy atom. The minimum absolute atomic E-state index is 0.0247. The maximum atomic E-state index is 13.5. The number of tetrazole rings is 1. The number of hydrogen-bond donors (Lipinski definition) is 0. The fourth-order valence-corrected chi connectivity index (χ4v) is 3.52. The first-order valence-electron chi connectivity index (χ1n) is 9.92. The summed E-state index contributed by atoms with van der Waals surface area (Å²) >= 11 is 0. The Morgan fingerprint density at radius 2 is 1.90 bits per heavy atom. The van der Waals surface area contributed by atoms with Gasteiger partial charge in [0.1, 0.15) is 11.6 Å². The fraction of sp³-hybridized carbons (Fsp3) is 0.333. The van der Waals surface area contributed by atoms with Crippen LogP contribution in [0.3, 0.4) is 0 Å². The SMILES string of the molecule is CCOc1ccccc1C(=O)N1CCN(Cc2nnnn2-c2cccc(F)c2)CC1. The molecule has 1 aromatic heterocycles. The van der Waals surface area contributed by atoms with Gasteiger partial charge in [-0.3, -0.25) is 9.69 Å². The Balaban J connectivity index is 1.39. The summed E-state index contributed by atoms with van der Waals surface area (Å²) < 4.78 is 20.7. The first kappa shape index (κ1) is 20.0. The number of carbonyl (C=O) groups is 1. The van der Waals surface area contributed by atoms with Crippen LogP contribution in [-0.2, 0) is 6.54 Å². The van der Waals surface area contributed by atoms with Crippen molar-refractivity contribution in [1.82, 2.24) is 30.0 Å². The van der Waals surface area contributed by atoms with Crippen molar-refractivity contribution in [2.24, 2.45) is 0 Å². The lowest BCUT2D eigenvalue weighted by Gasteiger charge is -2.34. The number of rotatable bonds is 6. The molecule has 9 heteroatoms. The van der Waals surface area contributed by atoms with Crippen LogP contribution >= 0.6 is 0 Å². The lowest BCUT2D eigenvalue weighted by Crippen LogP contribution is -2.48. The number of benzene rings is 2. The highest BCUT2D eigenvalue weighted by Gasteiger charge is 2.25. The van der Waals surface area contributed by atoms with E-state index in [0.717, 1.165) is 0 Å². The van der Waals surface area contributed by atoms with E-state index < -0.39 is 0 Å². The molecular formula is C21H23FN6O2. The summed E-state index contributed by atoms with van der Waals surface area (Å²) in [5.41, 5.74) is 1.17. The summed E-state index contributed by atoms with van der Waals surface area (Å²) in [6.07, 6.45) is 0. The second kappa shape index (κ2) is 9.00. The van der Waals surface area contributed by atoms with Crippen molar-refractivity contribution in [3.8, 4) is 11.4 Å². The summed E-state index contributed by atoms with van der Waals surface area (Å²) in [5.74, 6) is 0.875. The second-order valence-electron chi connectivity index (χ2n) is 6.98. The maximum absolute atomic E-state index is 13.5. The molecule has 4 rings (SSSR count). The van der Waals surface area contributed by atoms with Crippen molar-refractivity contribution < 1.29 is 13.9 Å². The van der Waals surface area contributed by atoms with Crippen LogP contribution in [0.1, 0.15) is 23.1 Å². The van der Waals surface area contributed by atoms with Crippen LogP contribution in [-0.4, -0.2) is 68.7 Å². The smallest absolute Gasteiger partial charge is 0.257 e. The third-order valence-corrected chi connectivity index (χ3v) is 5.03. The molecule has 0 N–H and O–H groups in total. The quantitative estimate of drug-likeness (QED) is 0.620.